The number of hydrogen-bond acceptors (Lipinski definition) is 5. The van der Waals surface area contributed by atoms with Crippen LogP contribution in [-0.2, 0) is 13.1 Å². The molecule has 0 radical (unpaired) electrons. The molecule has 0 saturated heterocycles. The number of hydrogen-bond donors (Lipinski definition) is 1. The maximum atomic E-state index is 13.2. The lowest BCUT2D eigenvalue weighted by Crippen LogP contribution is -2.32. The molecule has 0 fully saturated rings. The number of aromatic nitrogens is 1. The number of amides is 1. The lowest BCUT2D eigenvalue weighted by Gasteiger charge is -2.22. The first-order valence-corrected chi connectivity index (χ1v) is 11.2. The summed E-state index contributed by atoms with van der Waals surface area (Å²) in [5.41, 5.74) is 1.99. The molecule has 0 aliphatic carbocycles. The van der Waals surface area contributed by atoms with E-state index >= 15 is 0 Å². The van der Waals surface area contributed by atoms with E-state index in [0.717, 1.165) is 28.0 Å². The first-order valence-electron chi connectivity index (χ1n) is 10.3. The number of carbonyl (C=O) groups excluding carboxylic acids is 1. The molecule has 164 valence electrons. The Morgan fingerprint density at radius 3 is 2.50 bits per heavy atom. The van der Waals surface area contributed by atoms with Crippen molar-refractivity contribution in [3.63, 3.8) is 0 Å². The summed E-state index contributed by atoms with van der Waals surface area (Å²) in [4.78, 5) is 31.3. The average Bonchev–Trinajstić information content (AvgIpc) is 3.34. The second-order valence-electron chi connectivity index (χ2n) is 7.29. The van der Waals surface area contributed by atoms with Crippen molar-refractivity contribution in [2.75, 3.05) is 13.7 Å². The van der Waals surface area contributed by atoms with Crippen molar-refractivity contribution in [3.05, 3.63) is 92.4 Å². The highest BCUT2D eigenvalue weighted by Gasteiger charge is 2.19. The average molecular weight is 449 g/mol. The standard InChI is InChI=1S/C25H24N2O4S/c1-3-31-21-10-11-22-18(14-21)13-19(24(28)26-22)16-27(25(29)23-5-4-12-32-23)15-17-6-8-20(30-2)9-7-17/h4-14H,3,15-16H2,1-2H3,(H,26,28). The van der Waals surface area contributed by atoms with Crippen LogP contribution in [0.3, 0.4) is 0 Å². The number of fused-ring (bicyclic) bond motifs is 1. The zero-order valence-corrected chi connectivity index (χ0v) is 18.8. The van der Waals surface area contributed by atoms with Crippen LogP contribution in [0, 0.1) is 0 Å². The van der Waals surface area contributed by atoms with Gasteiger partial charge in [0, 0.05) is 23.0 Å². The predicted molar refractivity (Wildman–Crippen MR) is 127 cm³/mol. The van der Waals surface area contributed by atoms with Crippen molar-refractivity contribution < 1.29 is 14.3 Å². The van der Waals surface area contributed by atoms with Crippen molar-refractivity contribution in [3.8, 4) is 11.5 Å². The lowest BCUT2D eigenvalue weighted by atomic mass is 10.1. The predicted octanol–water partition coefficient (Wildman–Crippen LogP) is 4.84. The molecular formula is C25H24N2O4S. The summed E-state index contributed by atoms with van der Waals surface area (Å²) in [5.74, 6) is 1.38. The van der Waals surface area contributed by atoms with Crippen molar-refractivity contribution in [1.29, 1.82) is 0 Å². The third-order valence-electron chi connectivity index (χ3n) is 5.12. The van der Waals surface area contributed by atoms with Gasteiger partial charge in [0.2, 0.25) is 0 Å². The molecule has 4 aromatic rings. The van der Waals surface area contributed by atoms with E-state index in [1.165, 1.54) is 11.3 Å². The summed E-state index contributed by atoms with van der Waals surface area (Å²) in [5, 5.41) is 2.73. The quantitative estimate of drug-likeness (QED) is 0.419. The number of nitrogens with one attached hydrogen (secondary N) is 1. The Bertz CT molecular complexity index is 1260. The molecule has 6 nitrogen and oxygen atoms in total. The van der Waals surface area contributed by atoms with Gasteiger partial charge in [-0.15, -0.1) is 11.3 Å². The first kappa shape index (κ1) is 21.6. The molecule has 0 saturated carbocycles. The van der Waals surface area contributed by atoms with Crippen LogP contribution in [0.25, 0.3) is 10.9 Å². The molecule has 2 aromatic heterocycles. The van der Waals surface area contributed by atoms with Crippen LogP contribution in [0.2, 0.25) is 0 Å². The second kappa shape index (κ2) is 9.70. The Morgan fingerprint density at radius 1 is 1.03 bits per heavy atom. The van der Waals surface area contributed by atoms with E-state index in [0.29, 0.717) is 23.6 Å². The van der Waals surface area contributed by atoms with Gasteiger partial charge in [-0.2, -0.15) is 0 Å². The lowest BCUT2D eigenvalue weighted by molar-refractivity contribution is 0.0734. The molecule has 0 aliphatic heterocycles. The molecule has 32 heavy (non-hydrogen) atoms. The fraction of sp³-hybridized carbons (Fsp3) is 0.200. The summed E-state index contributed by atoms with van der Waals surface area (Å²) in [6, 6.07) is 18.6. The SMILES string of the molecule is CCOc1ccc2[nH]c(=O)c(CN(Cc3ccc(OC)cc3)C(=O)c3cccs3)cc2c1. The van der Waals surface area contributed by atoms with Gasteiger partial charge in [0.15, 0.2) is 0 Å². The van der Waals surface area contributed by atoms with Crippen LogP contribution in [0.15, 0.2) is 70.8 Å². The third-order valence-corrected chi connectivity index (χ3v) is 5.97. The molecule has 1 amide bonds. The molecule has 0 spiro atoms. The second-order valence-corrected chi connectivity index (χ2v) is 8.24. The topological polar surface area (TPSA) is 71.6 Å². The molecule has 0 atom stereocenters. The van der Waals surface area contributed by atoms with Gasteiger partial charge in [0.25, 0.3) is 11.5 Å². The highest BCUT2D eigenvalue weighted by molar-refractivity contribution is 7.12. The minimum Gasteiger partial charge on any atom is -0.497 e. The minimum atomic E-state index is -0.208. The molecule has 1 N–H and O–H groups in total. The molecule has 2 aromatic carbocycles. The summed E-state index contributed by atoms with van der Waals surface area (Å²) in [7, 11) is 1.62. The molecule has 2 heterocycles. The van der Waals surface area contributed by atoms with E-state index in [1.54, 1.807) is 18.1 Å². The van der Waals surface area contributed by atoms with Gasteiger partial charge in [-0.05, 0) is 60.3 Å². The Morgan fingerprint density at radius 2 is 1.81 bits per heavy atom. The Hall–Kier alpha value is -3.58. The Labute approximate surface area is 190 Å². The van der Waals surface area contributed by atoms with Crippen LogP contribution in [-0.4, -0.2) is 29.5 Å². The number of benzene rings is 2. The summed E-state index contributed by atoms with van der Waals surface area (Å²) in [6.45, 7) is 3.05. The van der Waals surface area contributed by atoms with Crippen LogP contribution in [0.5, 0.6) is 11.5 Å². The largest absolute Gasteiger partial charge is 0.497 e. The van der Waals surface area contributed by atoms with E-state index in [9.17, 15) is 9.59 Å². The highest BCUT2D eigenvalue weighted by atomic mass is 32.1. The highest BCUT2D eigenvalue weighted by Crippen LogP contribution is 2.22. The van der Waals surface area contributed by atoms with Gasteiger partial charge < -0.3 is 19.4 Å². The number of thiophene rings is 1. The number of carbonyl (C=O) groups is 1. The third kappa shape index (κ3) is 4.84. The number of aromatic amines is 1. The maximum absolute atomic E-state index is 13.2. The molecule has 0 unspecified atom stereocenters. The Kier molecular flexibility index (Phi) is 6.56. The minimum absolute atomic E-state index is 0.113. The van der Waals surface area contributed by atoms with Gasteiger partial charge in [0.05, 0.1) is 25.1 Å². The summed E-state index contributed by atoms with van der Waals surface area (Å²) in [6.07, 6.45) is 0. The van der Waals surface area contributed by atoms with Crippen molar-refractivity contribution >= 4 is 28.1 Å². The van der Waals surface area contributed by atoms with Gasteiger partial charge in [-0.1, -0.05) is 18.2 Å². The van der Waals surface area contributed by atoms with Crippen molar-refractivity contribution in [2.45, 2.75) is 20.0 Å². The zero-order chi connectivity index (χ0) is 22.5. The van der Waals surface area contributed by atoms with E-state index < -0.39 is 0 Å². The number of nitrogens with zero attached hydrogens (tertiary/aromatic N) is 1. The van der Waals surface area contributed by atoms with Crippen molar-refractivity contribution in [1.82, 2.24) is 9.88 Å². The van der Waals surface area contributed by atoms with Gasteiger partial charge in [0.1, 0.15) is 11.5 Å². The fourth-order valence-electron chi connectivity index (χ4n) is 3.52. The van der Waals surface area contributed by atoms with Crippen LogP contribution in [0.4, 0.5) is 0 Å². The molecular weight excluding hydrogens is 424 g/mol. The summed E-state index contributed by atoms with van der Waals surface area (Å²) < 4.78 is 10.8. The molecule has 0 bridgehead atoms. The molecule has 7 heteroatoms. The van der Waals surface area contributed by atoms with Crippen LogP contribution >= 0.6 is 11.3 Å². The fourth-order valence-corrected chi connectivity index (χ4v) is 4.21. The van der Waals surface area contributed by atoms with E-state index in [4.69, 9.17) is 9.47 Å². The maximum Gasteiger partial charge on any atom is 0.264 e. The van der Waals surface area contributed by atoms with Gasteiger partial charge >= 0.3 is 0 Å². The number of rotatable bonds is 8. The number of pyridine rings is 1. The number of ether oxygens (including phenoxy) is 2. The van der Waals surface area contributed by atoms with Crippen LogP contribution in [0.1, 0.15) is 27.7 Å². The summed E-state index contributed by atoms with van der Waals surface area (Å²) >= 11 is 1.39. The van der Waals surface area contributed by atoms with E-state index in [-0.39, 0.29) is 18.0 Å². The molecule has 4 rings (SSSR count). The number of methoxy groups -OCH3 is 1. The number of H-pyrrole nitrogens is 1. The smallest absolute Gasteiger partial charge is 0.264 e. The van der Waals surface area contributed by atoms with Gasteiger partial charge in [-0.25, -0.2) is 0 Å². The van der Waals surface area contributed by atoms with Crippen LogP contribution < -0.4 is 15.0 Å². The van der Waals surface area contributed by atoms with E-state index in [2.05, 4.69) is 4.98 Å². The first-order chi connectivity index (χ1) is 15.6. The normalized spacial score (nSPS) is 10.8. The van der Waals surface area contributed by atoms with E-state index in [1.807, 2.05) is 66.9 Å². The Balaban J connectivity index is 1.67. The zero-order valence-electron chi connectivity index (χ0n) is 18.0. The van der Waals surface area contributed by atoms with Gasteiger partial charge in [-0.3, -0.25) is 9.59 Å². The van der Waals surface area contributed by atoms with Crippen molar-refractivity contribution in [2.24, 2.45) is 0 Å². The molecule has 0 aliphatic rings. The monoisotopic (exact) mass is 448 g/mol.